The maximum atomic E-state index is 13.4. The van der Waals surface area contributed by atoms with Gasteiger partial charge in [-0.1, -0.05) is 30.7 Å². The molecule has 0 spiro atoms. The average Bonchev–Trinajstić information content (AvgIpc) is 2.53. The van der Waals surface area contributed by atoms with E-state index in [4.69, 9.17) is 4.74 Å². The molecule has 0 saturated heterocycles. The topological polar surface area (TPSA) is 39.2 Å². The van der Waals surface area contributed by atoms with Crippen molar-refractivity contribution in [2.24, 2.45) is 0 Å². The number of pyridine rings is 1. The van der Waals surface area contributed by atoms with Crippen molar-refractivity contribution in [3.63, 3.8) is 0 Å². The molecule has 0 saturated carbocycles. The highest BCUT2D eigenvalue weighted by atomic mass is 19.1. The zero-order valence-electron chi connectivity index (χ0n) is 12.8. The number of ether oxygens (including phenoxy) is 1. The fourth-order valence-corrected chi connectivity index (χ4v) is 2.29. The Bertz CT molecular complexity index is 626. The monoisotopic (exact) mass is 319 g/mol. The average molecular weight is 319 g/mol. The highest BCUT2D eigenvalue weighted by molar-refractivity contribution is 5.63. The van der Waals surface area contributed by atoms with E-state index in [-0.39, 0.29) is 5.69 Å². The summed E-state index contributed by atoms with van der Waals surface area (Å²) in [6, 6.07) is 9.23. The molecule has 0 fully saturated rings. The van der Waals surface area contributed by atoms with Gasteiger partial charge >= 0.3 is 0 Å². The van der Waals surface area contributed by atoms with E-state index in [0.29, 0.717) is 25.2 Å². The first-order valence-corrected chi connectivity index (χ1v) is 7.63. The molecule has 0 aliphatic heterocycles. The number of rotatable bonds is 9. The lowest BCUT2D eigenvalue weighted by atomic mass is 10.0. The lowest BCUT2D eigenvalue weighted by molar-refractivity contribution is -0.107. The van der Waals surface area contributed by atoms with Crippen molar-refractivity contribution in [1.82, 2.24) is 4.98 Å². The van der Waals surface area contributed by atoms with Gasteiger partial charge in [-0.2, -0.15) is 4.39 Å². The van der Waals surface area contributed by atoms with Crippen molar-refractivity contribution in [3.8, 4) is 11.3 Å². The minimum Gasteiger partial charge on any atom is -0.377 e. The van der Waals surface area contributed by atoms with E-state index in [2.05, 4.69) is 4.98 Å². The Hall–Kier alpha value is -2.14. The van der Waals surface area contributed by atoms with Crippen LogP contribution in [0, 0.1) is 11.8 Å². The van der Waals surface area contributed by atoms with Gasteiger partial charge in [0.1, 0.15) is 12.1 Å². The second-order valence-electron chi connectivity index (χ2n) is 5.22. The van der Waals surface area contributed by atoms with E-state index in [1.807, 2.05) is 12.1 Å². The Morgan fingerprint density at radius 2 is 1.91 bits per heavy atom. The van der Waals surface area contributed by atoms with Gasteiger partial charge in [0.25, 0.3) is 0 Å². The highest BCUT2D eigenvalue weighted by Gasteiger charge is 2.09. The number of aromatic nitrogens is 1. The Labute approximate surface area is 134 Å². The number of hydrogen-bond acceptors (Lipinski definition) is 3. The first kappa shape index (κ1) is 17.2. The molecule has 0 bridgehead atoms. The standard InChI is InChI=1S/C18H19F2NO2/c19-15-11-17(21-18(20)12-15)16-8-4-3-7-14(16)13-23-10-6-2-1-5-9-22/h3-4,7-9,11-12H,1-2,5-6,10,13H2. The fraction of sp³-hybridized carbons (Fsp3) is 0.333. The molecule has 2 rings (SSSR count). The van der Waals surface area contributed by atoms with Crippen LogP contribution in [0.25, 0.3) is 11.3 Å². The molecule has 3 nitrogen and oxygen atoms in total. The van der Waals surface area contributed by atoms with Crippen molar-refractivity contribution in [2.75, 3.05) is 6.61 Å². The van der Waals surface area contributed by atoms with Crippen molar-refractivity contribution in [3.05, 3.63) is 53.7 Å². The second kappa shape index (κ2) is 9.10. The lowest BCUT2D eigenvalue weighted by Crippen LogP contribution is -1.99. The summed E-state index contributed by atoms with van der Waals surface area (Å²) in [6.45, 7) is 0.932. The van der Waals surface area contributed by atoms with Gasteiger partial charge in [0, 0.05) is 30.7 Å². The molecule has 0 N–H and O–H groups in total. The first-order chi connectivity index (χ1) is 11.2. The zero-order valence-corrected chi connectivity index (χ0v) is 12.8. The predicted octanol–water partition coefficient (Wildman–Crippen LogP) is 4.30. The number of unbranched alkanes of at least 4 members (excludes halogenated alkanes) is 3. The van der Waals surface area contributed by atoms with Gasteiger partial charge in [0.2, 0.25) is 5.95 Å². The lowest BCUT2D eigenvalue weighted by Gasteiger charge is -2.10. The molecule has 0 aliphatic rings. The molecule has 0 atom stereocenters. The van der Waals surface area contributed by atoms with Crippen LogP contribution >= 0.6 is 0 Å². The van der Waals surface area contributed by atoms with Crippen LogP contribution < -0.4 is 0 Å². The smallest absolute Gasteiger partial charge is 0.216 e. The molecule has 5 heteroatoms. The molecule has 0 unspecified atom stereocenters. The summed E-state index contributed by atoms with van der Waals surface area (Å²) in [5.41, 5.74) is 1.75. The third kappa shape index (κ3) is 5.53. The van der Waals surface area contributed by atoms with Crippen LogP contribution in [0.3, 0.4) is 0 Å². The first-order valence-electron chi connectivity index (χ1n) is 7.63. The number of carbonyl (C=O) groups excluding carboxylic acids is 1. The molecule has 1 aromatic carbocycles. The van der Waals surface area contributed by atoms with E-state index < -0.39 is 11.8 Å². The molecule has 23 heavy (non-hydrogen) atoms. The Kier molecular flexibility index (Phi) is 6.81. The van der Waals surface area contributed by atoms with Crippen LogP contribution in [-0.2, 0) is 16.1 Å². The van der Waals surface area contributed by atoms with Gasteiger partial charge in [-0.3, -0.25) is 0 Å². The van der Waals surface area contributed by atoms with E-state index >= 15 is 0 Å². The van der Waals surface area contributed by atoms with Crippen LogP contribution in [0.1, 0.15) is 31.2 Å². The van der Waals surface area contributed by atoms with Gasteiger partial charge < -0.3 is 9.53 Å². The third-order valence-electron chi connectivity index (χ3n) is 3.42. The van der Waals surface area contributed by atoms with Gasteiger partial charge in [-0.25, -0.2) is 9.37 Å². The number of carbonyl (C=O) groups is 1. The summed E-state index contributed by atoms with van der Waals surface area (Å²) < 4.78 is 32.3. The minimum absolute atomic E-state index is 0.257. The van der Waals surface area contributed by atoms with Crippen molar-refractivity contribution in [1.29, 1.82) is 0 Å². The quantitative estimate of drug-likeness (QED) is 0.393. The molecule has 0 amide bonds. The van der Waals surface area contributed by atoms with Crippen molar-refractivity contribution in [2.45, 2.75) is 32.3 Å². The summed E-state index contributed by atoms with van der Waals surface area (Å²) in [6.07, 6.45) is 4.19. The third-order valence-corrected chi connectivity index (χ3v) is 3.42. The molecular formula is C18H19F2NO2. The van der Waals surface area contributed by atoms with E-state index in [9.17, 15) is 13.6 Å². The summed E-state index contributed by atoms with van der Waals surface area (Å²) in [5, 5.41) is 0. The molecule has 1 heterocycles. The summed E-state index contributed by atoms with van der Waals surface area (Å²) in [5.74, 6) is -1.50. The normalized spacial score (nSPS) is 10.7. The number of aldehydes is 1. The van der Waals surface area contributed by atoms with Gasteiger partial charge in [0.05, 0.1) is 12.3 Å². The van der Waals surface area contributed by atoms with Crippen LogP contribution in [0.15, 0.2) is 36.4 Å². The van der Waals surface area contributed by atoms with E-state index in [0.717, 1.165) is 37.2 Å². The number of benzene rings is 1. The number of hydrogen-bond donors (Lipinski definition) is 0. The summed E-state index contributed by atoms with van der Waals surface area (Å²) in [7, 11) is 0. The van der Waals surface area contributed by atoms with Crippen molar-refractivity contribution < 1.29 is 18.3 Å². The van der Waals surface area contributed by atoms with E-state index in [1.54, 1.807) is 12.1 Å². The Morgan fingerprint density at radius 1 is 1.09 bits per heavy atom. The maximum absolute atomic E-state index is 13.4. The van der Waals surface area contributed by atoms with Crippen LogP contribution in [0.2, 0.25) is 0 Å². The molecular weight excluding hydrogens is 300 g/mol. The predicted molar refractivity (Wildman–Crippen MR) is 83.8 cm³/mol. The highest BCUT2D eigenvalue weighted by Crippen LogP contribution is 2.23. The molecule has 2 aromatic rings. The zero-order chi connectivity index (χ0) is 16.5. The van der Waals surface area contributed by atoms with Gasteiger partial charge in [-0.05, 0) is 18.4 Å². The van der Waals surface area contributed by atoms with E-state index in [1.165, 1.54) is 6.07 Å². The van der Waals surface area contributed by atoms with Crippen molar-refractivity contribution >= 4 is 6.29 Å². The van der Waals surface area contributed by atoms with Crippen LogP contribution in [-0.4, -0.2) is 17.9 Å². The molecule has 0 radical (unpaired) electrons. The van der Waals surface area contributed by atoms with Gasteiger partial charge in [-0.15, -0.1) is 0 Å². The SMILES string of the molecule is O=CCCCCCOCc1ccccc1-c1cc(F)cc(F)n1. The Balaban J connectivity index is 1.96. The van der Waals surface area contributed by atoms with Crippen LogP contribution in [0.4, 0.5) is 8.78 Å². The maximum Gasteiger partial charge on any atom is 0.216 e. The molecule has 0 aliphatic carbocycles. The molecule has 1 aromatic heterocycles. The number of nitrogens with zero attached hydrogens (tertiary/aromatic N) is 1. The minimum atomic E-state index is -0.842. The second-order valence-corrected chi connectivity index (χ2v) is 5.22. The summed E-state index contributed by atoms with van der Waals surface area (Å²) in [4.78, 5) is 14.0. The molecule has 122 valence electrons. The Morgan fingerprint density at radius 3 is 2.70 bits per heavy atom. The summed E-state index contributed by atoms with van der Waals surface area (Å²) >= 11 is 0. The van der Waals surface area contributed by atoms with Gasteiger partial charge in [0.15, 0.2) is 0 Å². The van der Waals surface area contributed by atoms with Crippen LogP contribution in [0.5, 0.6) is 0 Å². The number of halogens is 2. The fourth-order valence-electron chi connectivity index (χ4n) is 2.29. The largest absolute Gasteiger partial charge is 0.377 e.